The minimum Gasteiger partial charge on any atom is -0.488 e. The van der Waals surface area contributed by atoms with Crippen molar-refractivity contribution in [3.8, 4) is 5.75 Å². The van der Waals surface area contributed by atoms with E-state index in [4.69, 9.17) is 4.74 Å². The monoisotopic (exact) mass is 788 g/mol. The molecule has 5 aliphatic heterocycles. The third kappa shape index (κ3) is 12.3. The zero-order valence-corrected chi connectivity index (χ0v) is 33.6. The summed E-state index contributed by atoms with van der Waals surface area (Å²) in [6, 6.07) is 15.9. The summed E-state index contributed by atoms with van der Waals surface area (Å²) in [5.41, 5.74) is 5.02. The van der Waals surface area contributed by atoms with Gasteiger partial charge < -0.3 is 36.6 Å². The molecule has 0 spiro atoms. The molecule has 0 aromatic carbocycles. The summed E-state index contributed by atoms with van der Waals surface area (Å²) in [4.78, 5) is 17.7. The molecule has 7 aliphatic rings. The van der Waals surface area contributed by atoms with Crippen LogP contribution in [0.2, 0.25) is 0 Å². The molecule has 5 aromatic heterocycles. The lowest BCUT2D eigenvalue weighted by atomic mass is 10.0. The highest BCUT2D eigenvalue weighted by molar-refractivity contribution is 7.99. The van der Waals surface area contributed by atoms with Gasteiger partial charge in [-0.1, -0.05) is 25.7 Å². The van der Waals surface area contributed by atoms with Crippen molar-refractivity contribution in [3.05, 3.63) is 96.8 Å². The Kier molecular flexibility index (Phi) is 15.2. The number of hydrogen-bond donors (Lipinski definition) is 6. The Labute approximate surface area is 340 Å². The van der Waals surface area contributed by atoms with Crippen molar-refractivity contribution in [2.24, 2.45) is 11.8 Å². The van der Waals surface area contributed by atoms with Crippen LogP contribution in [0.4, 0.5) is 34.6 Å². The number of ether oxygens (including phenoxy) is 1. The van der Waals surface area contributed by atoms with Gasteiger partial charge in [-0.2, -0.15) is 5.10 Å². The van der Waals surface area contributed by atoms with Crippen LogP contribution in [0.5, 0.6) is 5.75 Å². The fourth-order valence-corrected chi connectivity index (χ4v) is 8.54. The average molecular weight is 789 g/mol. The van der Waals surface area contributed by atoms with Crippen molar-refractivity contribution < 1.29 is 4.74 Å². The van der Waals surface area contributed by atoms with E-state index in [-0.39, 0.29) is 0 Å². The first-order valence-electron chi connectivity index (χ1n) is 20.6. The van der Waals surface area contributed by atoms with Gasteiger partial charge in [-0.15, -0.1) is 16.9 Å². The van der Waals surface area contributed by atoms with Crippen LogP contribution in [0.15, 0.2) is 90.6 Å². The second-order valence-corrected chi connectivity index (χ2v) is 15.8. The van der Waals surface area contributed by atoms with Crippen molar-refractivity contribution in [2.45, 2.75) is 62.7 Å². The summed E-state index contributed by atoms with van der Waals surface area (Å²) < 4.78 is 5.30. The van der Waals surface area contributed by atoms with Crippen molar-refractivity contribution in [1.82, 2.24) is 30.1 Å². The van der Waals surface area contributed by atoms with Gasteiger partial charge >= 0.3 is 0 Å². The zero-order chi connectivity index (χ0) is 38.7. The fraction of sp³-hybridized carbons (Fsp3) is 0.442. The number of anilines is 6. The molecule has 0 unspecified atom stereocenters. The largest absolute Gasteiger partial charge is 0.488 e. The number of nitrogens with zero attached hydrogens (tertiary/aromatic N) is 6. The Bertz CT molecular complexity index is 1530. The number of fused-ring (bicyclic) bond motifs is 7. The van der Waals surface area contributed by atoms with Crippen molar-refractivity contribution in [2.75, 3.05) is 83.5 Å². The standard InChI is InChI=1S/C8H10N2.2C7H9N3.C7H8N2O.C7H8N2S.C7H12/c1-2-7-6-9-5-3-8(7)10-4-1;1-2-6-3-5-9-10-7(6)8-4-1;1-2-6-7(9-3-1)10-5-4-8-6;2*1-2-6-7(8-3-1)9-4-5-10-6;1-2-7-4-3-6(1)5-7/h3,5-6,10H,1-2,4H2;3,5H,1-2,4H2,(H,8,10);1-3,8H,4-5H2,(H,9,10);2*1-3H,4-5H2,(H,8,9);6-7H,1-5H2. The molecule has 10 heterocycles. The predicted molar refractivity (Wildman–Crippen MR) is 233 cm³/mol. The van der Waals surface area contributed by atoms with E-state index in [1.165, 1.54) is 52.8 Å². The summed E-state index contributed by atoms with van der Waals surface area (Å²) in [5, 5.41) is 27.0. The van der Waals surface area contributed by atoms with Crippen LogP contribution >= 0.6 is 11.8 Å². The van der Waals surface area contributed by atoms with Gasteiger partial charge in [-0.25, -0.2) is 15.0 Å². The normalized spacial score (nSPS) is 19.3. The Morgan fingerprint density at radius 3 is 2.00 bits per heavy atom. The molecule has 6 N–H and O–H groups in total. The smallest absolute Gasteiger partial charge is 0.168 e. The number of aryl methyl sites for hydroxylation is 2. The van der Waals surface area contributed by atoms with E-state index in [2.05, 4.69) is 68.1 Å². The lowest BCUT2D eigenvalue weighted by molar-refractivity contribution is 0.321. The zero-order valence-electron chi connectivity index (χ0n) is 32.8. The molecule has 2 bridgehead atoms. The first-order chi connectivity index (χ1) is 28.3. The lowest BCUT2D eigenvalue weighted by Crippen LogP contribution is -2.21. The predicted octanol–water partition coefficient (Wildman–Crippen LogP) is 7.88. The van der Waals surface area contributed by atoms with E-state index in [0.717, 1.165) is 92.8 Å². The summed E-state index contributed by atoms with van der Waals surface area (Å²) in [7, 11) is 0. The number of pyridine rings is 4. The Morgan fingerprint density at radius 1 is 0.561 bits per heavy atom. The van der Waals surface area contributed by atoms with Crippen molar-refractivity contribution in [3.63, 3.8) is 0 Å². The molecule has 0 saturated heterocycles. The van der Waals surface area contributed by atoms with Gasteiger partial charge in [0.15, 0.2) is 17.4 Å². The van der Waals surface area contributed by atoms with Crippen molar-refractivity contribution in [1.29, 1.82) is 0 Å². The minimum absolute atomic E-state index is 0.735. The van der Waals surface area contributed by atoms with Crippen LogP contribution in [-0.2, 0) is 12.8 Å². The van der Waals surface area contributed by atoms with Gasteiger partial charge in [0.05, 0.1) is 18.4 Å². The molecule has 57 heavy (non-hydrogen) atoms. The number of hydrogen-bond acceptors (Lipinski definition) is 14. The van der Waals surface area contributed by atoms with Crippen LogP contribution in [0, 0.1) is 11.8 Å². The highest BCUT2D eigenvalue weighted by Gasteiger charge is 2.30. The number of nitrogens with one attached hydrogen (secondary N) is 6. The van der Waals surface area contributed by atoms with Crippen LogP contribution in [0.3, 0.4) is 0 Å². The van der Waals surface area contributed by atoms with E-state index in [1.54, 1.807) is 50.7 Å². The number of rotatable bonds is 0. The molecule has 5 aromatic rings. The summed E-state index contributed by atoms with van der Waals surface area (Å²) in [5.74, 6) is 8.18. The fourth-order valence-electron chi connectivity index (χ4n) is 7.68. The van der Waals surface area contributed by atoms with Crippen LogP contribution in [0.25, 0.3) is 0 Å². The molecule has 0 radical (unpaired) electrons. The molecular formula is C43H56N12OS. The molecule has 300 valence electrons. The van der Waals surface area contributed by atoms with Gasteiger partial charge in [0.25, 0.3) is 0 Å². The maximum Gasteiger partial charge on any atom is 0.168 e. The average Bonchev–Trinajstić information content (AvgIpc) is 3.98. The maximum atomic E-state index is 5.30. The summed E-state index contributed by atoms with van der Waals surface area (Å²) in [6.07, 6.45) is 23.5. The molecule has 2 saturated carbocycles. The Morgan fingerprint density at radius 2 is 1.25 bits per heavy atom. The third-order valence-electron chi connectivity index (χ3n) is 10.6. The highest BCUT2D eigenvalue weighted by Crippen LogP contribution is 2.44. The molecule has 2 aliphatic carbocycles. The van der Waals surface area contributed by atoms with Gasteiger partial charge in [0, 0.05) is 80.0 Å². The third-order valence-corrected chi connectivity index (χ3v) is 11.6. The number of thioether (sulfide) groups is 1. The lowest BCUT2D eigenvalue weighted by Gasteiger charge is -2.17. The van der Waals surface area contributed by atoms with Crippen LogP contribution in [-0.4, -0.2) is 81.8 Å². The van der Waals surface area contributed by atoms with Crippen molar-refractivity contribution >= 4 is 46.4 Å². The summed E-state index contributed by atoms with van der Waals surface area (Å²) in [6.45, 7) is 6.71. The topological polar surface area (TPSA) is 159 Å². The van der Waals surface area contributed by atoms with Crippen LogP contribution < -0.4 is 36.6 Å². The molecule has 0 atom stereocenters. The number of aromatic nitrogens is 6. The Balaban J connectivity index is 0.000000105. The SMILES string of the molecule is C1CC2CCC1C2.c1cc2c(cn1)CCCN2.c1cc2c(nn1)NCCC2.c1cnc2c(c1)NCCN2.c1cnc2c(c1)OCCN2.c1cnc2c(c1)SCCN2. The highest BCUT2D eigenvalue weighted by atomic mass is 32.2. The maximum absolute atomic E-state index is 5.30. The van der Waals surface area contributed by atoms with E-state index >= 15 is 0 Å². The molecule has 2 fully saturated rings. The van der Waals surface area contributed by atoms with Gasteiger partial charge in [-0.3, -0.25) is 4.98 Å². The van der Waals surface area contributed by atoms with Gasteiger partial charge in [0.1, 0.15) is 18.2 Å². The van der Waals surface area contributed by atoms with E-state index in [9.17, 15) is 0 Å². The molecule has 14 heteroatoms. The second kappa shape index (κ2) is 21.8. The second-order valence-electron chi connectivity index (χ2n) is 14.6. The van der Waals surface area contributed by atoms with Gasteiger partial charge in [-0.05, 0) is 104 Å². The first-order valence-corrected chi connectivity index (χ1v) is 21.5. The van der Waals surface area contributed by atoms with Gasteiger partial charge in [0.2, 0.25) is 0 Å². The minimum atomic E-state index is 0.735. The van der Waals surface area contributed by atoms with Crippen LogP contribution in [0.1, 0.15) is 56.1 Å². The Hall–Kier alpha value is -5.37. The van der Waals surface area contributed by atoms with E-state index in [1.807, 2.05) is 72.8 Å². The molecule has 12 rings (SSSR count). The van der Waals surface area contributed by atoms with E-state index < -0.39 is 0 Å². The quantitative estimate of drug-likeness (QED) is 0.0900. The molecular weight excluding hydrogens is 733 g/mol. The molecule has 0 amide bonds. The molecule has 13 nitrogen and oxygen atoms in total. The summed E-state index contributed by atoms with van der Waals surface area (Å²) >= 11 is 1.86. The van der Waals surface area contributed by atoms with E-state index in [0.29, 0.717) is 0 Å². The first kappa shape index (κ1) is 39.8.